The first-order valence-electron chi connectivity index (χ1n) is 31.5. The number of amides is 3. The van der Waals surface area contributed by atoms with E-state index in [9.17, 15) is 149 Å². The minimum absolute atomic E-state index is 0.0255. The molecular formula is C59H64F20N14O19S5. The number of aromatic carboxylic acids is 1. The van der Waals surface area contributed by atoms with Gasteiger partial charge in [0.1, 0.15) is 45.5 Å². The maximum atomic E-state index is 13.5. The third kappa shape index (κ3) is 28.3. The number of hydrogen-bond acceptors (Lipinski definition) is 26. The molecular weight excluding hydrogens is 1750 g/mol. The highest BCUT2D eigenvalue weighted by Gasteiger charge is 2.59. The van der Waals surface area contributed by atoms with Crippen LogP contribution in [0.1, 0.15) is 62.3 Å². The first kappa shape index (κ1) is 99.8. The van der Waals surface area contributed by atoms with E-state index in [1.165, 1.54) is 42.7 Å². The SMILES string of the molecule is CC(C)(C)OC(=O)NC1CN(S(=O)(=O)C(F)(F)F)C1.CC(C)(C)OC(=O)NC1CNC1.NC1CN(S(=O)(=O)C(F)(F)F)C1.Nc1ncc(C(=O)NC2CN(S(=O)(=O)C(F)(F)F)C2)c2ccc(-c3cccc(F)c3)nc12.Nc1ncc(C(=O)O)c2ccc(-c3cccc(F)c3)nc12.O=CC(F)(F)F.O=S(=O)(OS(=O)(=O)C(F)(F)F)C(F)(F)F. The second kappa shape index (κ2) is 37.6. The normalized spacial score (nSPS) is 15.9. The standard InChI is InChI=1S/C19H15F4N5O3S.C15H10FN3O2.C9H15F3N2O4S.C8H16N2O2.C4H7F3N2O2S.C2F6O5S2.C2HF3O/c20-11-3-1-2-10(6-11)15-5-4-13-14(7-25-17(24)16(13)27-15)18(29)26-12-8-28(9-12)32(30,31)19(21,22)23;16-9-3-1-2-8(6-9)12-5-4-10-11(15(20)21)7-18-14(17)13(10)19-12;1-8(2,3)18-7(15)13-6-4-14(5-6)19(16,17)9(10,11)12;1-8(2,3)12-7(11)10-6-4-9-5-6;5-4(6,7)12(10,11)9-1-3(8)2-9;3-1(4,5)14(9,10)13-15(11,12)2(6,7)8;3-2(4,5)1-6/h1-7,12H,8-9H2,(H2,24,25)(H,26,29);1-7H,(H2,17,18)(H,20,21);6H,4-5H2,1-3H3,(H,13,15);6,9H,4-5H2,1-3H3,(H,10,11);3H,1-2,8H2;;1H. The van der Waals surface area contributed by atoms with E-state index in [4.69, 9.17) is 36.6 Å². The number of fused-ring (bicyclic) bond motifs is 2. The van der Waals surface area contributed by atoms with E-state index in [1.54, 1.807) is 63.2 Å². The van der Waals surface area contributed by atoms with Crippen LogP contribution < -0.4 is 38.5 Å². The van der Waals surface area contributed by atoms with Crippen LogP contribution in [0.4, 0.5) is 109 Å². The van der Waals surface area contributed by atoms with Crippen molar-refractivity contribution in [2.45, 2.75) is 111 Å². The lowest BCUT2D eigenvalue weighted by Gasteiger charge is -2.38. The summed E-state index contributed by atoms with van der Waals surface area (Å²) in [7, 11) is -29.5. The summed E-state index contributed by atoms with van der Waals surface area (Å²) in [5, 5.41) is 20.4. The number of alkyl halides is 18. The van der Waals surface area contributed by atoms with E-state index in [0.717, 1.165) is 13.1 Å². The number of anilines is 2. The molecule has 0 radical (unpaired) electrons. The summed E-state index contributed by atoms with van der Waals surface area (Å²) in [6, 6.07) is 16.3. The number of aromatic nitrogens is 4. The number of pyridine rings is 4. The number of benzene rings is 2. The van der Waals surface area contributed by atoms with Crippen LogP contribution in [0.3, 0.4) is 0 Å². The van der Waals surface area contributed by atoms with Gasteiger partial charge in [-0.3, -0.25) is 9.59 Å². The van der Waals surface area contributed by atoms with E-state index in [1.807, 2.05) is 24.4 Å². The van der Waals surface area contributed by atoms with Crippen molar-refractivity contribution in [2.75, 3.05) is 63.8 Å². The molecule has 11 N–H and O–H groups in total. The van der Waals surface area contributed by atoms with E-state index >= 15 is 0 Å². The van der Waals surface area contributed by atoms with Gasteiger partial charge in [-0.05, 0) is 90.1 Å². The molecule has 0 atom stereocenters. The quantitative estimate of drug-likeness (QED) is 0.0335. The summed E-state index contributed by atoms with van der Waals surface area (Å²) in [5.41, 5.74) is -10.3. The van der Waals surface area contributed by atoms with Gasteiger partial charge in [0, 0.05) is 92.7 Å². The average molecular weight is 1810 g/mol. The molecule has 117 heavy (non-hydrogen) atoms. The molecule has 654 valence electrons. The lowest BCUT2D eigenvalue weighted by molar-refractivity contribution is -0.156. The van der Waals surface area contributed by atoms with Gasteiger partial charge in [-0.1, -0.05) is 24.3 Å². The minimum atomic E-state index is -6.85. The summed E-state index contributed by atoms with van der Waals surface area (Å²) in [5.74, 6) is -2.44. The maximum absolute atomic E-state index is 13.5. The number of carbonyl (C=O) groups is 5. The van der Waals surface area contributed by atoms with Crippen LogP contribution in [0.5, 0.6) is 0 Å². The van der Waals surface area contributed by atoms with Crippen molar-refractivity contribution in [1.29, 1.82) is 0 Å². The fourth-order valence-electron chi connectivity index (χ4n) is 8.60. The predicted octanol–water partition coefficient (Wildman–Crippen LogP) is 7.45. The number of halogens is 20. The zero-order chi connectivity index (χ0) is 90.0. The zero-order valence-corrected chi connectivity index (χ0v) is 64.0. The van der Waals surface area contributed by atoms with Gasteiger partial charge in [-0.2, -0.15) is 109 Å². The molecule has 4 aliphatic heterocycles. The van der Waals surface area contributed by atoms with Gasteiger partial charge in [0.25, 0.3) is 5.91 Å². The number of nitrogens with zero attached hydrogens (tertiary/aromatic N) is 7. The summed E-state index contributed by atoms with van der Waals surface area (Å²) in [6.07, 6.45) is -4.42. The molecule has 0 spiro atoms. The number of sulfonamides is 3. The van der Waals surface area contributed by atoms with Crippen LogP contribution in [0.2, 0.25) is 0 Å². The van der Waals surface area contributed by atoms with Crippen LogP contribution in [0.15, 0.2) is 85.2 Å². The minimum Gasteiger partial charge on any atom is -0.478 e. The molecule has 33 nitrogen and oxygen atoms in total. The monoisotopic (exact) mass is 1810 g/mol. The lowest BCUT2D eigenvalue weighted by Crippen LogP contribution is -2.63. The van der Waals surface area contributed by atoms with Crippen molar-refractivity contribution in [2.24, 2.45) is 5.73 Å². The molecule has 4 aliphatic rings. The van der Waals surface area contributed by atoms with Gasteiger partial charge in [0.2, 0.25) is 6.29 Å². The Morgan fingerprint density at radius 2 is 0.821 bits per heavy atom. The molecule has 10 rings (SSSR count). The molecule has 4 aromatic heterocycles. The molecule has 58 heteroatoms. The number of hydrogen-bond donors (Lipinski definition) is 8. The van der Waals surface area contributed by atoms with E-state index in [2.05, 4.69) is 41.2 Å². The smallest absolute Gasteiger partial charge is 0.478 e. The lowest BCUT2D eigenvalue weighted by atomic mass is 10.1. The topological polar surface area (TPSA) is 491 Å². The van der Waals surface area contributed by atoms with Gasteiger partial charge in [-0.25, -0.2) is 68.4 Å². The molecule has 3 amide bonds. The maximum Gasteiger partial charge on any atom is 0.524 e. The Hall–Kier alpha value is -9.58. The summed E-state index contributed by atoms with van der Waals surface area (Å²) in [4.78, 5) is 71.4. The summed E-state index contributed by atoms with van der Waals surface area (Å²) in [6.45, 7) is 9.81. The Morgan fingerprint density at radius 1 is 0.496 bits per heavy atom. The largest absolute Gasteiger partial charge is 0.524 e. The van der Waals surface area contributed by atoms with Crippen molar-refractivity contribution < 1.29 is 172 Å². The van der Waals surface area contributed by atoms with E-state index in [0.29, 0.717) is 37.6 Å². The van der Waals surface area contributed by atoms with Gasteiger partial charge in [0.15, 0.2) is 0 Å². The second-order valence-corrected chi connectivity index (χ2v) is 34.8. The van der Waals surface area contributed by atoms with Crippen molar-refractivity contribution in [3.63, 3.8) is 0 Å². The predicted molar refractivity (Wildman–Crippen MR) is 367 cm³/mol. The van der Waals surface area contributed by atoms with Gasteiger partial charge in [-0.15, -0.1) is 3.63 Å². The third-order valence-electron chi connectivity index (χ3n) is 14.1. The van der Waals surface area contributed by atoms with Crippen molar-refractivity contribution in [1.82, 2.24) is 54.1 Å². The van der Waals surface area contributed by atoms with E-state index in [-0.39, 0.29) is 73.4 Å². The Morgan fingerprint density at radius 3 is 1.11 bits per heavy atom. The fraction of sp³-hybridized carbons (Fsp3) is 0.441. The number of carboxylic acid groups (broad SMARTS) is 1. The number of nitrogens with two attached hydrogens (primary N) is 3. The number of alkyl carbamates (subject to hydrolysis) is 2. The number of rotatable bonds is 12. The number of carbonyl (C=O) groups excluding carboxylic acids is 4. The van der Waals surface area contributed by atoms with Crippen LogP contribution in [-0.2, 0) is 68.2 Å². The summed E-state index contributed by atoms with van der Waals surface area (Å²) < 4.78 is 354. The van der Waals surface area contributed by atoms with Gasteiger partial charge >= 0.3 is 102 Å². The Kier molecular flexibility index (Phi) is 32.0. The third-order valence-corrected chi connectivity index (χ3v) is 21.4. The number of ether oxygens (including phenoxy) is 2. The highest BCUT2D eigenvalue weighted by molar-refractivity contribution is 8.00. The van der Waals surface area contributed by atoms with Gasteiger partial charge in [0.05, 0.1) is 40.6 Å². The fourth-order valence-corrected chi connectivity index (χ4v) is 13.3. The zero-order valence-electron chi connectivity index (χ0n) is 59.9. The number of nitrogen functional groups attached to an aromatic ring is 2. The summed E-state index contributed by atoms with van der Waals surface area (Å²) >= 11 is 0. The molecule has 0 unspecified atom stereocenters. The molecule has 4 fully saturated rings. The van der Waals surface area contributed by atoms with Crippen LogP contribution in [0, 0.1) is 11.6 Å². The Labute approximate surface area is 648 Å². The van der Waals surface area contributed by atoms with Crippen molar-refractivity contribution >= 4 is 114 Å². The van der Waals surface area contributed by atoms with Crippen molar-refractivity contribution in [3.8, 4) is 22.5 Å². The Bertz CT molecular complexity index is 5130. The molecule has 0 saturated carbocycles. The molecule has 2 aromatic carbocycles. The first-order chi connectivity index (χ1) is 52.8. The molecule has 0 bridgehead atoms. The molecule has 0 aliphatic carbocycles. The average Bonchev–Trinajstić information content (AvgIpc) is 0.775. The number of carboxylic acids is 1. The molecule has 8 heterocycles. The van der Waals surface area contributed by atoms with Crippen LogP contribution in [0.25, 0.3) is 44.3 Å². The number of nitrogens with one attached hydrogen (secondary N) is 4. The van der Waals surface area contributed by atoms with Gasteiger partial charge < -0.3 is 53.0 Å². The molecule has 4 saturated heterocycles. The van der Waals surface area contributed by atoms with E-state index < -0.39 is 170 Å². The molecule has 6 aromatic rings. The number of aldehydes is 1. The Balaban J connectivity index is 0.000000301. The van der Waals surface area contributed by atoms with Crippen LogP contribution in [-0.4, -0.2) is 232 Å². The highest BCUT2D eigenvalue weighted by Crippen LogP contribution is 2.36. The second-order valence-electron chi connectivity index (χ2n) is 25.7. The highest BCUT2D eigenvalue weighted by atomic mass is 32.3. The first-order valence-corrected chi connectivity index (χ1v) is 38.7. The van der Waals surface area contributed by atoms with Crippen LogP contribution >= 0.6 is 0 Å². The van der Waals surface area contributed by atoms with Crippen molar-refractivity contribution in [3.05, 3.63) is 108 Å².